The average molecular weight is 418 g/mol. The van der Waals surface area contributed by atoms with Gasteiger partial charge in [-0.2, -0.15) is 0 Å². The lowest BCUT2D eigenvalue weighted by Crippen LogP contribution is -2.52. The minimum absolute atomic E-state index is 0.0806. The Morgan fingerprint density at radius 2 is 1.66 bits per heavy atom. The first-order chi connectivity index (χ1) is 13.9. The lowest BCUT2D eigenvalue weighted by atomic mass is 10.2. The number of sulfonamides is 1. The van der Waals surface area contributed by atoms with E-state index in [1.54, 1.807) is 0 Å². The zero-order valence-corrected chi connectivity index (χ0v) is 17.6. The van der Waals surface area contributed by atoms with Crippen LogP contribution in [0.1, 0.15) is 17.3 Å². The fourth-order valence-corrected chi connectivity index (χ4v) is 4.51. The molecule has 0 bridgehead atoms. The van der Waals surface area contributed by atoms with Gasteiger partial charge in [0.2, 0.25) is 10.0 Å². The molecule has 0 spiro atoms. The number of hydrogen-bond acceptors (Lipinski definition) is 6. The number of benzene rings is 2. The topological polar surface area (TPSA) is 78.9 Å². The van der Waals surface area contributed by atoms with Crippen LogP contribution in [0.4, 0.5) is 5.69 Å². The molecule has 1 saturated heterocycles. The predicted octanol–water partition coefficient (Wildman–Crippen LogP) is 1.96. The van der Waals surface area contributed by atoms with Gasteiger partial charge in [0, 0.05) is 44.5 Å². The highest BCUT2D eigenvalue weighted by atomic mass is 32.2. The van der Waals surface area contributed by atoms with E-state index < -0.39 is 16.0 Å². The van der Waals surface area contributed by atoms with E-state index in [4.69, 9.17) is 0 Å². The quantitative estimate of drug-likeness (QED) is 0.694. The zero-order valence-electron chi connectivity index (χ0n) is 16.7. The maximum Gasteiger partial charge on any atom is 0.337 e. The molecule has 1 unspecified atom stereocenters. The summed E-state index contributed by atoms with van der Waals surface area (Å²) < 4.78 is 32.4. The first kappa shape index (κ1) is 21.3. The number of nitrogens with one attached hydrogen (secondary N) is 1. The molecule has 0 amide bonds. The Labute approximate surface area is 172 Å². The summed E-state index contributed by atoms with van der Waals surface area (Å²) in [6, 6.07) is 16.1. The van der Waals surface area contributed by atoms with E-state index >= 15 is 0 Å². The molecule has 1 heterocycles. The number of nitrogens with zero attached hydrogens (tertiary/aromatic N) is 2. The van der Waals surface area contributed by atoms with Gasteiger partial charge in [-0.25, -0.2) is 17.9 Å². The largest absolute Gasteiger partial charge is 0.465 e. The van der Waals surface area contributed by atoms with E-state index in [1.807, 2.05) is 25.1 Å². The monoisotopic (exact) mass is 417 g/mol. The minimum atomic E-state index is -3.64. The van der Waals surface area contributed by atoms with Gasteiger partial charge < -0.3 is 9.64 Å². The van der Waals surface area contributed by atoms with Gasteiger partial charge in [0.25, 0.3) is 0 Å². The smallest absolute Gasteiger partial charge is 0.337 e. The summed E-state index contributed by atoms with van der Waals surface area (Å²) >= 11 is 0. The summed E-state index contributed by atoms with van der Waals surface area (Å²) in [4.78, 5) is 16.3. The van der Waals surface area contributed by atoms with Crippen molar-refractivity contribution in [3.8, 4) is 0 Å². The molecule has 29 heavy (non-hydrogen) atoms. The van der Waals surface area contributed by atoms with E-state index in [2.05, 4.69) is 31.4 Å². The van der Waals surface area contributed by atoms with Crippen molar-refractivity contribution in [3.05, 3.63) is 60.2 Å². The number of para-hydroxylation sites is 1. The van der Waals surface area contributed by atoms with Crippen LogP contribution in [0.15, 0.2) is 59.5 Å². The number of hydrogen-bond donors (Lipinski definition) is 1. The molecule has 0 radical (unpaired) electrons. The van der Waals surface area contributed by atoms with Crippen molar-refractivity contribution >= 4 is 21.7 Å². The maximum atomic E-state index is 12.6. The van der Waals surface area contributed by atoms with Crippen LogP contribution >= 0.6 is 0 Å². The van der Waals surface area contributed by atoms with Crippen LogP contribution in [-0.4, -0.2) is 65.2 Å². The van der Waals surface area contributed by atoms with E-state index in [1.165, 1.54) is 37.1 Å². The maximum absolute atomic E-state index is 12.6. The molecule has 1 atom stereocenters. The molecule has 0 saturated carbocycles. The summed E-state index contributed by atoms with van der Waals surface area (Å²) in [5.41, 5.74) is 1.53. The molecule has 8 heteroatoms. The molecule has 3 rings (SSSR count). The number of ether oxygens (including phenoxy) is 1. The van der Waals surface area contributed by atoms with Crippen LogP contribution in [0.2, 0.25) is 0 Å². The van der Waals surface area contributed by atoms with Gasteiger partial charge in [0.1, 0.15) is 0 Å². The van der Waals surface area contributed by atoms with Crippen LogP contribution in [0.5, 0.6) is 0 Å². The van der Waals surface area contributed by atoms with Crippen LogP contribution < -0.4 is 9.62 Å². The Kier molecular flexibility index (Phi) is 6.89. The predicted molar refractivity (Wildman–Crippen MR) is 113 cm³/mol. The van der Waals surface area contributed by atoms with E-state index in [-0.39, 0.29) is 10.9 Å². The number of piperazine rings is 1. The number of carbonyl (C=O) groups is 1. The fourth-order valence-electron chi connectivity index (χ4n) is 3.39. The van der Waals surface area contributed by atoms with Crippen molar-refractivity contribution in [2.45, 2.75) is 17.9 Å². The Morgan fingerprint density at radius 1 is 1.03 bits per heavy atom. The van der Waals surface area contributed by atoms with Crippen LogP contribution in [-0.2, 0) is 14.8 Å². The highest BCUT2D eigenvalue weighted by Gasteiger charge is 2.23. The molecular formula is C21H27N3O4S. The normalized spacial score (nSPS) is 16.4. The van der Waals surface area contributed by atoms with E-state index in [9.17, 15) is 13.2 Å². The molecule has 1 fully saturated rings. The van der Waals surface area contributed by atoms with Crippen molar-refractivity contribution in [1.29, 1.82) is 0 Å². The van der Waals surface area contributed by atoms with Gasteiger partial charge in [0.05, 0.1) is 17.6 Å². The summed E-state index contributed by atoms with van der Waals surface area (Å²) in [6.07, 6.45) is 0. The second-order valence-corrected chi connectivity index (χ2v) is 8.84. The highest BCUT2D eigenvalue weighted by molar-refractivity contribution is 7.89. The number of methoxy groups -OCH3 is 1. The fraction of sp³-hybridized carbons (Fsp3) is 0.381. The third-order valence-electron chi connectivity index (χ3n) is 5.21. The van der Waals surface area contributed by atoms with Gasteiger partial charge in [-0.1, -0.05) is 18.2 Å². The molecule has 1 N–H and O–H groups in total. The molecule has 1 aliphatic heterocycles. The molecule has 7 nitrogen and oxygen atoms in total. The first-order valence-electron chi connectivity index (χ1n) is 9.63. The Balaban J connectivity index is 1.52. The van der Waals surface area contributed by atoms with Crippen LogP contribution in [0.25, 0.3) is 0 Å². The lowest BCUT2D eigenvalue weighted by Gasteiger charge is -2.39. The molecule has 2 aromatic rings. The minimum Gasteiger partial charge on any atom is -0.465 e. The van der Waals surface area contributed by atoms with Crippen LogP contribution in [0, 0.1) is 0 Å². The molecule has 0 aromatic heterocycles. The Bertz CT molecular complexity index is 909. The number of rotatable bonds is 7. The summed E-state index contributed by atoms with van der Waals surface area (Å²) in [7, 11) is -2.35. The van der Waals surface area contributed by atoms with E-state index in [0.717, 1.165) is 26.2 Å². The third-order valence-corrected chi connectivity index (χ3v) is 6.65. The summed E-state index contributed by atoms with van der Waals surface area (Å²) in [5, 5.41) is 0. The van der Waals surface area contributed by atoms with Crippen molar-refractivity contribution in [3.63, 3.8) is 0 Å². The van der Waals surface area contributed by atoms with Crippen LogP contribution in [0.3, 0.4) is 0 Å². The van der Waals surface area contributed by atoms with Crippen molar-refractivity contribution < 1.29 is 17.9 Å². The van der Waals surface area contributed by atoms with Gasteiger partial charge in [-0.3, -0.25) is 4.90 Å². The lowest BCUT2D eigenvalue weighted by molar-refractivity contribution is 0.0600. The second-order valence-electron chi connectivity index (χ2n) is 7.08. The second kappa shape index (κ2) is 9.39. The number of carbonyl (C=O) groups excluding carboxylic acids is 1. The molecule has 0 aliphatic carbocycles. The number of anilines is 1. The van der Waals surface area contributed by atoms with Gasteiger partial charge in [-0.15, -0.1) is 0 Å². The van der Waals surface area contributed by atoms with Crippen molar-refractivity contribution in [1.82, 2.24) is 9.62 Å². The molecule has 156 valence electrons. The van der Waals surface area contributed by atoms with Gasteiger partial charge in [-0.05, 0) is 43.3 Å². The SMILES string of the molecule is COC(=O)c1ccc(S(=O)(=O)NCC(C)N2CCN(c3ccccc3)CC2)cc1. The number of esters is 1. The summed E-state index contributed by atoms with van der Waals surface area (Å²) in [5.74, 6) is -0.495. The van der Waals surface area contributed by atoms with Gasteiger partial charge in [0.15, 0.2) is 0 Å². The standard InChI is InChI=1S/C21H27N3O4S/c1-17(23-12-14-24(15-13-23)19-6-4-3-5-7-19)16-22-29(26,27)20-10-8-18(9-11-20)21(25)28-2/h3-11,17,22H,12-16H2,1-2H3. The third kappa shape index (κ3) is 5.35. The average Bonchev–Trinajstić information content (AvgIpc) is 2.77. The van der Waals surface area contributed by atoms with Crippen molar-refractivity contribution in [2.24, 2.45) is 0 Å². The zero-order chi connectivity index (χ0) is 20.9. The Hall–Kier alpha value is -2.42. The first-order valence-corrected chi connectivity index (χ1v) is 11.1. The van der Waals surface area contributed by atoms with Gasteiger partial charge >= 0.3 is 5.97 Å². The van der Waals surface area contributed by atoms with E-state index in [0.29, 0.717) is 12.1 Å². The highest BCUT2D eigenvalue weighted by Crippen LogP contribution is 2.17. The molecule has 2 aromatic carbocycles. The van der Waals surface area contributed by atoms with Crippen molar-refractivity contribution in [2.75, 3.05) is 44.7 Å². The molecule has 1 aliphatic rings. The summed E-state index contributed by atoms with van der Waals surface area (Å²) in [6.45, 7) is 5.94. The Morgan fingerprint density at radius 3 is 2.24 bits per heavy atom. The molecular weight excluding hydrogens is 390 g/mol.